The van der Waals surface area contributed by atoms with Gasteiger partial charge in [-0.3, -0.25) is 9.52 Å². The van der Waals surface area contributed by atoms with Gasteiger partial charge in [-0.25, -0.2) is 17.5 Å². The second-order valence-electron chi connectivity index (χ2n) is 10.6. The summed E-state index contributed by atoms with van der Waals surface area (Å²) in [5.74, 6) is -0.300. The number of aromatic nitrogens is 2. The van der Waals surface area contributed by atoms with Crippen molar-refractivity contribution in [1.29, 1.82) is 0 Å². The summed E-state index contributed by atoms with van der Waals surface area (Å²) in [6, 6.07) is 16.4. The summed E-state index contributed by atoms with van der Waals surface area (Å²) in [7, 11) is -3.53. The normalized spacial score (nSPS) is 15.5. The maximum absolute atomic E-state index is 13.8. The molecule has 0 atom stereocenters. The molecule has 0 unspecified atom stereocenters. The highest BCUT2D eigenvalue weighted by Gasteiger charge is 2.49. The van der Waals surface area contributed by atoms with E-state index in [1.54, 1.807) is 18.3 Å². The Morgan fingerprint density at radius 2 is 1.90 bits per heavy atom. The van der Waals surface area contributed by atoms with E-state index in [4.69, 9.17) is 21.1 Å². The molecule has 4 aromatic rings. The van der Waals surface area contributed by atoms with Crippen molar-refractivity contribution < 1.29 is 27.1 Å². The number of hydrogen-bond donors (Lipinski definition) is 2. The number of nitrogens with zero attached hydrogens (tertiary/aromatic N) is 3. The van der Waals surface area contributed by atoms with Gasteiger partial charge in [0.2, 0.25) is 10.0 Å². The van der Waals surface area contributed by atoms with Gasteiger partial charge in [0.15, 0.2) is 0 Å². The molecule has 13 heteroatoms. The molecule has 1 aromatic heterocycles. The third-order valence-corrected chi connectivity index (χ3v) is 7.84. The predicted molar refractivity (Wildman–Crippen MR) is 158 cm³/mol. The summed E-state index contributed by atoms with van der Waals surface area (Å²) >= 11 is 6.12. The van der Waals surface area contributed by atoms with Crippen molar-refractivity contribution in [2.45, 2.75) is 6.61 Å². The lowest BCUT2D eigenvalue weighted by Gasteiger charge is -2.56. The first-order chi connectivity index (χ1) is 20.0. The largest absolute Gasteiger partial charge is 0.487 e. The van der Waals surface area contributed by atoms with Gasteiger partial charge < -0.3 is 19.7 Å². The summed E-state index contributed by atoms with van der Waals surface area (Å²) < 4.78 is 52.4. The number of carbonyl (C=O) groups is 1. The summed E-state index contributed by atoms with van der Waals surface area (Å²) in [4.78, 5) is 15.3. The van der Waals surface area contributed by atoms with Gasteiger partial charge in [-0.15, -0.1) is 0 Å². The Morgan fingerprint density at radius 3 is 2.62 bits per heavy atom. The number of rotatable bonds is 9. The first-order valence-corrected chi connectivity index (χ1v) is 15.3. The fourth-order valence-corrected chi connectivity index (χ4v) is 5.80. The number of nitrogens with one attached hydrogen (secondary N) is 2. The molecule has 0 aliphatic carbocycles. The second-order valence-corrected chi connectivity index (χ2v) is 12.8. The van der Waals surface area contributed by atoms with E-state index in [9.17, 15) is 17.6 Å². The SMILES string of the molecule is CS(=O)(=O)Nc1cc(Cl)cc(NC(=O)c2cnn(-c3ccc(N4CC5(COC5)C4)cc3OCc3cccc(F)c3)c2)c1. The van der Waals surface area contributed by atoms with Crippen LogP contribution in [0, 0.1) is 11.2 Å². The van der Waals surface area contributed by atoms with E-state index in [1.807, 2.05) is 18.2 Å². The molecule has 2 aliphatic rings. The number of sulfonamides is 1. The highest BCUT2D eigenvalue weighted by molar-refractivity contribution is 7.92. The molecule has 42 heavy (non-hydrogen) atoms. The molecule has 2 saturated heterocycles. The van der Waals surface area contributed by atoms with Gasteiger partial charge in [-0.05, 0) is 48.0 Å². The molecule has 1 amide bonds. The van der Waals surface area contributed by atoms with Crippen LogP contribution in [0.5, 0.6) is 5.75 Å². The Balaban J connectivity index is 1.23. The number of carbonyl (C=O) groups excluding carboxylic acids is 1. The van der Waals surface area contributed by atoms with E-state index >= 15 is 0 Å². The maximum atomic E-state index is 13.8. The van der Waals surface area contributed by atoms with Gasteiger partial charge in [-0.2, -0.15) is 5.10 Å². The summed E-state index contributed by atoms with van der Waals surface area (Å²) in [6.07, 6.45) is 3.99. The van der Waals surface area contributed by atoms with Gasteiger partial charge in [0.1, 0.15) is 23.9 Å². The van der Waals surface area contributed by atoms with Crippen LogP contribution in [0.25, 0.3) is 5.69 Å². The highest BCUT2D eigenvalue weighted by Crippen LogP contribution is 2.41. The zero-order chi connectivity index (χ0) is 29.5. The van der Waals surface area contributed by atoms with Crippen LogP contribution in [-0.4, -0.2) is 56.7 Å². The van der Waals surface area contributed by atoms with Crippen molar-refractivity contribution in [3.8, 4) is 11.4 Å². The lowest BCUT2D eigenvalue weighted by Crippen LogP contribution is -2.66. The molecule has 0 saturated carbocycles. The zero-order valence-corrected chi connectivity index (χ0v) is 24.1. The minimum atomic E-state index is -3.53. The fourth-order valence-electron chi connectivity index (χ4n) is 5.02. The van der Waals surface area contributed by atoms with Crippen LogP contribution >= 0.6 is 11.6 Å². The number of amides is 1. The van der Waals surface area contributed by atoms with E-state index < -0.39 is 15.9 Å². The van der Waals surface area contributed by atoms with Gasteiger partial charge in [0.05, 0.1) is 42.3 Å². The van der Waals surface area contributed by atoms with Gasteiger partial charge in [-0.1, -0.05) is 23.7 Å². The lowest BCUT2D eigenvalue weighted by atomic mass is 9.78. The molecule has 10 nitrogen and oxygen atoms in total. The Bertz CT molecular complexity index is 1770. The quantitative estimate of drug-likeness (QED) is 0.282. The van der Waals surface area contributed by atoms with Crippen molar-refractivity contribution in [1.82, 2.24) is 9.78 Å². The van der Waals surface area contributed by atoms with Crippen LogP contribution in [0.4, 0.5) is 21.5 Å². The highest BCUT2D eigenvalue weighted by atomic mass is 35.5. The van der Waals surface area contributed by atoms with Crippen LogP contribution in [-0.2, 0) is 21.4 Å². The molecule has 2 aliphatic heterocycles. The number of anilines is 3. The van der Waals surface area contributed by atoms with Crippen molar-refractivity contribution in [2.24, 2.45) is 5.41 Å². The maximum Gasteiger partial charge on any atom is 0.258 e. The topological polar surface area (TPSA) is 115 Å². The van der Waals surface area contributed by atoms with E-state index in [-0.39, 0.29) is 34.1 Å². The van der Waals surface area contributed by atoms with Gasteiger partial charge in [0, 0.05) is 41.8 Å². The van der Waals surface area contributed by atoms with Crippen molar-refractivity contribution >= 4 is 44.6 Å². The molecular weight excluding hydrogens is 585 g/mol. The average molecular weight is 612 g/mol. The van der Waals surface area contributed by atoms with E-state index in [2.05, 4.69) is 20.0 Å². The number of benzene rings is 3. The Hall–Kier alpha value is -4.13. The molecule has 0 radical (unpaired) electrons. The van der Waals surface area contributed by atoms with Crippen LogP contribution in [0.3, 0.4) is 0 Å². The summed E-state index contributed by atoms with van der Waals surface area (Å²) in [5.41, 5.74) is 3.26. The lowest BCUT2D eigenvalue weighted by molar-refractivity contribution is -0.127. The molecule has 218 valence electrons. The van der Waals surface area contributed by atoms with Gasteiger partial charge >= 0.3 is 0 Å². The summed E-state index contributed by atoms with van der Waals surface area (Å²) in [6.45, 7) is 3.47. The molecule has 0 bridgehead atoms. The Morgan fingerprint density at radius 1 is 1.12 bits per heavy atom. The van der Waals surface area contributed by atoms with E-state index in [1.165, 1.54) is 41.2 Å². The monoisotopic (exact) mass is 611 g/mol. The van der Waals surface area contributed by atoms with Crippen LogP contribution in [0.2, 0.25) is 5.02 Å². The molecule has 3 aromatic carbocycles. The Labute approximate surface area is 247 Å². The van der Waals surface area contributed by atoms with Crippen LogP contribution < -0.4 is 19.7 Å². The fraction of sp³-hybridized carbons (Fsp3) is 0.241. The third-order valence-electron chi connectivity index (χ3n) is 7.01. The van der Waals surface area contributed by atoms with Gasteiger partial charge in [0.25, 0.3) is 5.91 Å². The van der Waals surface area contributed by atoms with Crippen molar-refractivity contribution in [3.05, 3.63) is 95.0 Å². The average Bonchev–Trinajstić information content (AvgIpc) is 3.35. The molecule has 1 spiro atoms. The molecular formula is C29H27ClFN5O5S. The first kappa shape index (κ1) is 28.0. The Kier molecular flexibility index (Phi) is 7.29. The second kappa shape index (κ2) is 10.9. The molecule has 3 heterocycles. The van der Waals surface area contributed by atoms with Crippen molar-refractivity contribution in [2.75, 3.05) is 47.5 Å². The zero-order valence-electron chi connectivity index (χ0n) is 22.5. The molecule has 2 N–H and O–H groups in total. The van der Waals surface area contributed by atoms with E-state index in [0.717, 1.165) is 38.2 Å². The molecule has 6 rings (SSSR count). The standard InChI is InChI=1S/C29H27ClFN5O5S/c1-42(38,39)34-24-9-21(30)8-23(10-24)33-28(37)20-12-32-36(13-20)26-6-5-25(35-15-29(16-35)17-40-18-29)11-27(26)41-14-19-3-2-4-22(31)7-19/h2-13,34H,14-18H2,1H3,(H,33,37). The first-order valence-electron chi connectivity index (χ1n) is 13.0. The van der Waals surface area contributed by atoms with E-state index in [0.29, 0.717) is 22.7 Å². The number of ether oxygens (including phenoxy) is 2. The number of halogens is 2. The third kappa shape index (κ3) is 6.20. The van der Waals surface area contributed by atoms with Crippen molar-refractivity contribution in [3.63, 3.8) is 0 Å². The number of hydrogen-bond acceptors (Lipinski definition) is 7. The summed E-state index contributed by atoms with van der Waals surface area (Å²) in [5, 5.41) is 7.35. The minimum Gasteiger partial charge on any atom is -0.487 e. The smallest absolute Gasteiger partial charge is 0.258 e. The van der Waals surface area contributed by atoms with Crippen LogP contribution in [0.1, 0.15) is 15.9 Å². The predicted octanol–water partition coefficient (Wildman–Crippen LogP) is 4.70. The minimum absolute atomic E-state index is 0.138. The molecule has 2 fully saturated rings. The van der Waals surface area contributed by atoms with Crippen LogP contribution in [0.15, 0.2) is 73.1 Å².